The average Bonchev–Trinajstić information content (AvgIpc) is 2.82. The Morgan fingerprint density at radius 2 is 2.18 bits per heavy atom. The summed E-state index contributed by atoms with van der Waals surface area (Å²) in [5, 5.41) is 0. The third-order valence-corrected chi connectivity index (χ3v) is 3.11. The van der Waals surface area contributed by atoms with Gasteiger partial charge in [0.05, 0.1) is 7.11 Å². The minimum atomic E-state index is 0.923. The number of fused-ring (bicyclic) bond motifs is 1. The molecule has 0 saturated carbocycles. The second-order valence-corrected chi connectivity index (χ2v) is 4.08. The summed E-state index contributed by atoms with van der Waals surface area (Å²) in [4.78, 5) is 6.64. The van der Waals surface area contributed by atoms with Crippen molar-refractivity contribution >= 4 is 11.5 Å². The maximum atomic E-state index is 5.25. The lowest BCUT2D eigenvalue weighted by Gasteiger charge is -2.18. The highest BCUT2D eigenvalue weighted by Gasteiger charge is 2.21. The molecule has 0 atom stereocenters. The van der Waals surface area contributed by atoms with Gasteiger partial charge in [0.15, 0.2) is 0 Å². The topological polar surface area (TPSA) is 25.4 Å². The van der Waals surface area contributed by atoms with Crippen LogP contribution in [0, 0.1) is 0 Å². The van der Waals surface area contributed by atoms with Crippen molar-refractivity contribution in [3.63, 3.8) is 0 Å². The fourth-order valence-corrected chi connectivity index (χ4v) is 2.26. The molecule has 3 nitrogen and oxygen atoms in total. The van der Waals surface area contributed by atoms with Gasteiger partial charge < -0.3 is 9.64 Å². The summed E-state index contributed by atoms with van der Waals surface area (Å²) in [7, 11) is 1.70. The van der Waals surface area contributed by atoms with Crippen LogP contribution >= 0.6 is 0 Å². The highest BCUT2D eigenvalue weighted by atomic mass is 16.5. The maximum absolute atomic E-state index is 5.25. The number of benzene rings is 1. The van der Waals surface area contributed by atoms with Gasteiger partial charge in [-0.3, -0.25) is 0 Å². The van der Waals surface area contributed by atoms with Crippen molar-refractivity contribution in [2.75, 3.05) is 18.6 Å². The third kappa shape index (κ3) is 1.73. The SMILES string of the molecule is COc1ccc2c(c1)CCN2c1ccccn1. The number of pyridine rings is 1. The van der Waals surface area contributed by atoms with Crippen LogP contribution in [-0.2, 0) is 6.42 Å². The molecule has 2 aromatic rings. The molecular weight excluding hydrogens is 212 g/mol. The van der Waals surface area contributed by atoms with Gasteiger partial charge in [-0.05, 0) is 42.3 Å². The monoisotopic (exact) mass is 226 g/mol. The molecule has 0 fully saturated rings. The quantitative estimate of drug-likeness (QED) is 0.787. The van der Waals surface area contributed by atoms with Crippen molar-refractivity contribution in [2.45, 2.75) is 6.42 Å². The number of hydrogen-bond acceptors (Lipinski definition) is 3. The molecule has 1 aliphatic heterocycles. The summed E-state index contributed by atoms with van der Waals surface area (Å²) in [6.07, 6.45) is 2.87. The van der Waals surface area contributed by atoms with Gasteiger partial charge in [-0.15, -0.1) is 0 Å². The van der Waals surface area contributed by atoms with Crippen molar-refractivity contribution in [2.24, 2.45) is 0 Å². The van der Waals surface area contributed by atoms with Gasteiger partial charge in [-0.25, -0.2) is 4.98 Å². The number of methoxy groups -OCH3 is 1. The molecule has 86 valence electrons. The smallest absolute Gasteiger partial charge is 0.132 e. The Morgan fingerprint density at radius 3 is 2.94 bits per heavy atom. The van der Waals surface area contributed by atoms with Crippen LogP contribution < -0.4 is 9.64 Å². The highest BCUT2D eigenvalue weighted by molar-refractivity contribution is 5.68. The molecule has 0 saturated heterocycles. The highest BCUT2D eigenvalue weighted by Crippen LogP contribution is 2.35. The van der Waals surface area contributed by atoms with E-state index >= 15 is 0 Å². The van der Waals surface area contributed by atoms with Crippen molar-refractivity contribution in [3.8, 4) is 5.75 Å². The van der Waals surface area contributed by atoms with E-state index in [1.807, 2.05) is 30.5 Å². The Labute approximate surface area is 101 Å². The zero-order chi connectivity index (χ0) is 11.7. The Kier molecular flexibility index (Phi) is 2.44. The standard InChI is InChI=1S/C14H14N2O/c1-17-12-5-6-13-11(10-12)7-9-16(13)14-4-2-3-8-15-14/h2-6,8,10H,7,9H2,1H3. The number of nitrogens with zero attached hydrogens (tertiary/aromatic N) is 2. The molecule has 0 aliphatic carbocycles. The van der Waals surface area contributed by atoms with E-state index in [4.69, 9.17) is 4.74 Å². The largest absolute Gasteiger partial charge is 0.497 e. The first kappa shape index (κ1) is 10.1. The Bertz CT molecular complexity index is 525. The zero-order valence-electron chi connectivity index (χ0n) is 9.76. The molecule has 0 radical (unpaired) electrons. The Hall–Kier alpha value is -2.03. The molecular formula is C14H14N2O. The summed E-state index contributed by atoms with van der Waals surface area (Å²) in [6, 6.07) is 12.2. The zero-order valence-corrected chi connectivity index (χ0v) is 9.76. The van der Waals surface area contributed by atoms with Crippen LogP contribution in [-0.4, -0.2) is 18.6 Å². The predicted molar refractivity (Wildman–Crippen MR) is 67.9 cm³/mol. The van der Waals surface area contributed by atoms with Gasteiger partial charge in [0.2, 0.25) is 0 Å². The summed E-state index contributed by atoms with van der Waals surface area (Å²) in [6.45, 7) is 0.986. The van der Waals surface area contributed by atoms with Crippen LogP contribution in [0.25, 0.3) is 0 Å². The van der Waals surface area contributed by atoms with Crippen LogP contribution in [0.4, 0.5) is 11.5 Å². The Morgan fingerprint density at radius 1 is 1.24 bits per heavy atom. The van der Waals surface area contributed by atoms with E-state index in [1.165, 1.54) is 11.3 Å². The fourth-order valence-electron chi connectivity index (χ4n) is 2.26. The van der Waals surface area contributed by atoms with E-state index in [2.05, 4.69) is 22.0 Å². The van der Waals surface area contributed by atoms with E-state index in [1.54, 1.807) is 7.11 Å². The van der Waals surface area contributed by atoms with E-state index in [9.17, 15) is 0 Å². The van der Waals surface area contributed by atoms with Gasteiger partial charge >= 0.3 is 0 Å². The first-order valence-corrected chi connectivity index (χ1v) is 5.74. The molecule has 1 aliphatic rings. The first-order valence-electron chi connectivity index (χ1n) is 5.74. The normalized spacial score (nSPS) is 13.6. The van der Waals surface area contributed by atoms with Crippen LogP contribution in [0.1, 0.15) is 5.56 Å². The number of aromatic nitrogens is 1. The van der Waals surface area contributed by atoms with E-state index in [0.29, 0.717) is 0 Å². The summed E-state index contributed by atoms with van der Waals surface area (Å²) < 4.78 is 5.25. The molecule has 0 amide bonds. The molecule has 1 aromatic carbocycles. The maximum Gasteiger partial charge on any atom is 0.132 e. The first-order chi connectivity index (χ1) is 8.38. The van der Waals surface area contributed by atoms with Gasteiger partial charge in [0, 0.05) is 18.4 Å². The van der Waals surface area contributed by atoms with Gasteiger partial charge in [-0.2, -0.15) is 0 Å². The van der Waals surface area contributed by atoms with Crippen LogP contribution in [0.3, 0.4) is 0 Å². The third-order valence-electron chi connectivity index (χ3n) is 3.11. The lowest BCUT2D eigenvalue weighted by atomic mass is 10.1. The van der Waals surface area contributed by atoms with Crippen molar-refractivity contribution in [3.05, 3.63) is 48.2 Å². The Balaban J connectivity index is 1.99. The molecule has 0 bridgehead atoms. The van der Waals surface area contributed by atoms with Crippen LogP contribution in [0.5, 0.6) is 5.75 Å². The number of rotatable bonds is 2. The van der Waals surface area contributed by atoms with Crippen molar-refractivity contribution in [1.82, 2.24) is 4.98 Å². The second-order valence-electron chi connectivity index (χ2n) is 4.08. The number of hydrogen-bond donors (Lipinski definition) is 0. The average molecular weight is 226 g/mol. The molecule has 0 spiro atoms. The van der Waals surface area contributed by atoms with Gasteiger partial charge in [-0.1, -0.05) is 6.07 Å². The molecule has 17 heavy (non-hydrogen) atoms. The minimum absolute atomic E-state index is 0.923. The van der Waals surface area contributed by atoms with Crippen molar-refractivity contribution < 1.29 is 4.74 Å². The van der Waals surface area contributed by atoms with E-state index < -0.39 is 0 Å². The summed E-state index contributed by atoms with van der Waals surface area (Å²) in [5.41, 5.74) is 2.57. The summed E-state index contributed by atoms with van der Waals surface area (Å²) in [5.74, 6) is 1.93. The van der Waals surface area contributed by atoms with Crippen LogP contribution in [0.15, 0.2) is 42.6 Å². The number of anilines is 2. The molecule has 0 N–H and O–H groups in total. The lowest BCUT2D eigenvalue weighted by molar-refractivity contribution is 0.414. The fraction of sp³-hybridized carbons (Fsp3) is 0.214. The van der Waals surface area contributed by atoms with Crippen molar-refractivity contribution in [1.29, 1.82) is 0 Å². The molecule has 3 rings (SSSR count). The predicted octanol–water partition coefficient (Wildman–Crippen LogP) is 2.78. The van der Waals surface area contributed by atoms with Crippen LogP contribution in [0.2, 0.25) is 0 Å². The molecule has 2 heterocycles. The molecule has 3 heteroatoms. The van der Waals surface area contributed by atoms with Gasteiger partial charge in [0.25, 0.3) is 0 Å². The lowest BCUT2D eigenvalue weighted by Crippen LogP contribution is -2.14. The number of ether oxygens (including phenoxy) is 1. The second kappa shape index (κ2) is 4.09. The molecule has 1 aromatic heterocycles. The van der Waals surface area contributed by atoms with Gasteiger partial charge in [0.1, 0.15) is 11.6 Å². The molecule has 0 unspecified atom stereocenters. The summed E-state index contributed by atoms with van der Waals surface area (Å²) >= 11 is 0. The minimum Gasteiger partial charge on any atom is -0.497 e. The van der Waals surface area contributed by atoms with E-state index in [-0.39, 0.29) is 0 Å². The van der Waals surface area contributed by atoms with E-state index in [0.717, 1.165) is 24.5 Å².